The SMILES string of the molecule is FC(F)(F)CCCC1CCc2ccccc2N1. The van der Waals surface area contributed by atoms with Crippen molar-refractivity contribution in [2.75, 3.05) is 5.32 Å². The van der Waals surface area contributed by atoms with Gasteiger partial charge in [-0.1, -0.05) is 18.2 Å². The van der Waals surface area contributed by atoms with Crippen LogP contribution >= 0.6 is 0 Å². The predicted molar refractivity (Wildman–Crippen MR) is 62.1 cm³/mol. The van der Waals surface area contributed by atoms with Gasteiger partial charge in [-0.15, -0.1) is 0 Å². The van der Waals surface area contributed by atoms with Gasteiger partial charge < -0.3 is 5.32 Å². The van der Waals surface area contributed by atoms with E-state index in [4.69, 9.17) is 0 Å². The van der Waals surface area contributed by atoms with E-state index in [0.29, 0.717) is 6.42 Å². The van der Waals surface area contributed by atoms with E-state index in [9.17, 15) is 13.2 Å². The van der Waals surface area contributed by atoms with E-state index in [-0.39, 0.29) is 12.5 Å². The van der Waals surface area contributed by atoms with Crippen LogP contribution in [-0.2, 0) is 6.42 Å². The summed E-state index contributed by atoms with van der Waals surface area (Å²) in [4.78, 5) is 0. The molecule has 1 unspecified atom stereocenters. The number of benzene rings is 1. The summed E-state index contributed by atoms with van der Waals surface area (Å²) < 4.78 is 36.1. The van der Waals surface area contributed by atoms with Gasteiger partial charge in [0, 0.05) is 18.2 Å². The number of fused-ring (bicyclic) bond motifs is 1. The lowest BCUT2D eigenvalue weighted by molar-refractivity contribution is -0.135. The zero-order valence-electron chi connectivity index (χ0n) is 9.56. The van der Waals surface area contributed by atoms with Crippen molar-refractivity contribution in [1.29, 1.82) is 0 Å². The fourth-order valence-electron chi connectivity index (χ4n) is 2.27. The van der Waals surface area contributed by atoms with Gasteiger partial charge >= 0.3 is 6.18 Å². The van der Waals surface area contributed by atoms with Crippen LogP contribution in [0.25, 0.3) is 0 Å². The van der Waals surface area contributed by atoms with Gasteiger partial charge in [0.2, 0.25) is 0 Å². The summed E-state index contributed by atoms with van der Waals surface area (Å²) in [5.74, 6) is 0. The summed E-state index contributed by atoms with van der Waals surface area (Å²) in [5.41, 5.74) is 2.34. The number of alkyl halides is 3. The molecule has 1 aromatic carbocycles. The maximum atomic E-state index is 12.0. The van der Waals surface area contributed by atoms with E-state index in [1.54, 1.807) is 0 Å². The molecule has 1 N–H and O–H groups in total. The molecule has 0 spiro atoms. The van der Waals surface area contributed by atoms with Crippen LogP contribution in [0, 0.1) is 0 Å². The number of para-hydroxylation sites is 1. The molecule has 4 heteroatoms. The van der Waals surface area contributed by atoms with Crippen molar-refractivity contribution in [2.45, 2.75) is 44.3 Å². The smallest absolute Gasteiger partial charge is 0.382 e. The van der Waals surface area contributed by atoms with Crippen LogP contribution in [0.4, 0.5) is 18.9 Å². The predicted octanol–water partition coefficient (Wildman–Crippen LogP) is 4.15. The average molecular weight is 243 g/mol. The Bertz CT molecular complexity index is 373. The third kappa shape index (κ3) is 3.65. The van der Waals surface area contributed by atoms with Crippen LogP contribution in [0.2, 0.25) is 0 Å². The van der Waals surface area contributed by atoms with E-state index < -0.39 is 12.6 Å². The lowest BCUT2D eigenvalue weighted by atomic mass is 9.95. The second-order valence-electron chi connectivity index (χ2n) is 4.54. The minimum atomic E-state index is -4.02. The number of nitrogens with one attached hydrogen (secondary N) is 1. The Morgan fingerprint density at radius 2 is 2.00 bits per heavy atom. The highest BCUT2D eigenvalue weighted by molar-refractivity contribution is 5.53. The molecule has 1 aromatic rings. The first-order valence-corrected chi connectivity index (χ1v) is 5.96. The molecule has 94 valence electrons. The average Bonchev–Trinajstić information content (AvgIpc) is 2.27. The first-order chi connectivity index (χ1) is 8.04. The third-order valence-electron chi connectivity index (χ3n) is 3.15. The van der Waals surface area contributed by atoms with Gasteiger partial charge in [-0.05, 0) is 37.3 Å². The van der Waals surface area contributed by atoms with Gasteiger partial charge in [0.15, 0.2) is 0 Å². The van der Waals surface area contributed by atoms with Crippen molar-refractivity contribution in [3.05, 3.63) is 29.8 Å². The fraction of sp³-hybridized carbons (Fsp3) is 0.538. The number of aryl methyl sites for hydroxylation is 1. The Labute approximate surface area is 99.0 Å². The zero-order valence-corrected chi connectivity index (χ0v) is 9.56. The molecule has 0 fully saturated rings. The molecule has 0 bridgehead atoms. The fourth-order valence-corrected chi connectivity index (χ4v) is 2.27. The molecule has 17 heavy (non-hydrogen) atoms. The van der Waals surface area contributed by atoms with E-state index in [2.05, 4.69) is 11.4 Å². The highest BCUT2D eigenvalue weighted by Gasteiger charge is 2.27. The van der Waals surface area contributed by atoms with E-state index >= 15 is 0 Å². The molecular weight excluding hydrogens is 227 g/mol. The lowest BCUT2D eigenvalue weighted by Crippen LogP contribution is -2.25. The number of anilines is 1. The Balaban J connectivity index is 1.82. The van der Waals surface area contributed by atoms with E-state index in [1.807, 2.05) is 18.2 Å². The van der Waals surface area contributed by atoms with Crippen molar-refractivity contribution >= 4 is 5.69 Å². The van der Waals surface area contributed by atoms with Crippen molar-refractivity contribution in [2.24, 2.45) is 0 Å². The van der Waals surface area contributed by atoms with Crippen LogP contribution < -0.4 is 5.32 Å². The molecule has 0 saturated carbocycles. The van der Waals surface area contributed by atoms with Crippen LogP contribution in [0.5, 0.6) is 0 Å². The number of rotatable bonds is 3. The Morgan fingerprint density at radius 3 is 2.76 bits per heavy atom. The first kappa shape index (κ1) is 12.3. The molecule has 0 amide bonds. The maximum absolute atomic E-state index is 12.0. The molecule has 2 rings (SSSR count). The summed E-state index contributed by atoms with van der Waals surface area (Å²) in [5, 5.41) is 3.32. The van der Waals surface area contributed by atoms with Gasteiger partial charge in [-0.2, -0.15) is 13.2 Å². The van der Waals surface area contributed by atoms with Gasteiger partial charge in [-0.3, -0.25) is 0 Å². The van der Waals surface area contributed by atoms with Crippen molar-refractivity contribution in [3.63, 3.8) is 0 Å². The summed E-state index contributed by atoms with van der Waals surface area (Å²) in [6.45, 7) is 0. The lowest BCUT2D eigenvalue weighted by Gasteiger charge is -2.27. The van der Waals surface area contributed by atoms with E-state index in [1.165, 1.54) is 5.56 Å². The highest BCUT2D eigenvalue weighted by atomic mass is 19.4. The quantitative estimate of drug-likeness (QED) is 0.841. The molecule has 0 aliphatic carbocycles. The highest BCUT2D eigenvalue weighted by Crippen LogP contribution is 2.28. The number of hydrogen-bond donors (Lipinski definition) is 1. The summed E-state index contributed by atoms with van der Waals surface area (Å²) in [6.07, 6.45) is -2.01. The number of hydrogen-bond acceptors (Lipinski definition) is 1. The van der Waals surface area contributed by atoms with Gasteiger partial charge in [0.05, 0.1) is 0 Å². The molecule has 1 aliphatic rings. The maximum Gasteiger partial charge on any atom is 0.389 e. The van der Waals surface area contributed by atoms with Crippen LogP contribution in [0.1, 0.15) is 31.2 Å². The molecule has 0 radical (unpaired) electrons. The second kappa shape index (κ2) is 4.98. The van der Waals surface area contributed by atoms with Crippen LogP contribution in [0.3, 0.4) is 0 Å². The second-order valence-corrected chi connectivity index (χ2v) is 4.54. The third-order valence-corrected chi connectivity index (χ3v) is 3.15. The summed E-state index contributed by atoms with van der Waals surface area (Å²) in [6, 6.07) is 8.18. The van der Waals surface area contributed by atoms with Crippen LogP contribution in [0.15, 0.2) is 24.3 Å². The standard InChI is InChI=1S/C13H16F3N/c14-13(15,16)9-3-5-11-8-7-10-4-1-2-6-12(10)17-11/h1-2,4,6,11,17H,3,5,7-9H2. The molecule has 1 atom stereocenters. The zero-order chi connectivity index (χ0) is 12.3. The molecule has 0 aromatic heterocycles. The Hall–Kier alpha value is -1.19. The largest absolute Gasteiger partial charge is 0.389 e. The summed E-state index contributed by atoms with van der Waals surface area (Å²) >= 11 is 0. The molecular formula is C13H16F3N. The minimum absolute atomic E-state index is 0.187. The van der Waals surface area contributed by atoms with Gasteiger partial charge in [0.25, 0.3) is 0 Å². The molecule has 1 aliphatic heterocycles. The van der Waals surface area contributed by atoms with Crippen LogP contribution in [-0.4, -0.2) is 12.2 Å². The van der Waals surface area contributed by atoms with Gasteiger partial charge in [-0.25, -0.2) is 0 Å². The normalized spacial score (nSPS) is 19.6. The first-order valence-electron chi connectivity index (χ1n) is 5.96. The Morgan fingerprint density at radius 1 is 1.24 bits per heavy atom. The van der Waals surface area contributed by atoms with E-state index in [0.717, 1.165) is 18.5 Å². The number of halogens is 3. The van der Waals surface area contributed by atoms with Crippen molar-refractivity contribution in [3.8, 4) is 0 Å². The van der Waals surface area contributed by atoms with Crippen molar-refractivity contribution in [1.82, 2.24) is 0 Å². The Kier molecular flexibility index (Phi) is 3.60. The topological polar surface area (TPSA) is 12.0 Å². The van der Waals surface area contributed by atoms with Gasteiger partial charge in [0.1, 0.15) is 0 Å². The van der Waals surface area contributed by atoms with Crippen molar-refractivity contribution < 1.29 is 13.2 Å². The summed E-state index contributed by atoms with van der Waals surface area (Å²) in [7, 11) is 0. The minimum Gasteiger partial charge on any atom is -0.382 e. The molecule has 0 saturated heterocycles. The molecule has 1 nitrogen and oxygen atoms in total. The monoisotopic (exact) mass is 243 g/mol. The molecule has 1 heterocycles.